The number of methoxy groups -OCH3 is 1. The average molecular weight is 218 g/mol. The van der Waals surface area contributed by atoms with Crippen molar-refractivity contribution in [3.63, 3.8) is 0 Å². The Kier molecular flexibility index (Phi) is 5.88. The standard InChI is InChI=1S/C9H18N2O4/c1-4-6(9(13)14)11(2)8(12)7(5-10)15-3/h6-7H,4-5,10H2,1-3H3,(H,13,14). The van der Waals surface area contributed by atoms with Crippen molar-refractivity contribution in [2.24, 2.45) is 5.73 Å². The van der Waals surface area contributed by atoms with Crippen LogP contribution in [0.3, 0.4) is 0 Å². The van der Waals surface area contributed by atoms with E-state index in [4.69, 9.17) is 15.6 Å². The molecule has 1 amide bonds. The average Bonchev–Trinajstić information content (AvgIpc) is 2.19. The molecular formula is C9H18N2O4. The van der Waals surface area contributed by atoms with E-state index >= 15 is 0 Å². The normalized spacial score (nSPS) is 14.4. The van der Waals surface area contributed by atoms with Crippen LogP contribution in [0.25, 0.3) is 0 Å². The molecule has 0 heterocycles. The summed E-state index contributed by atoms with van der Waals surface area (Å²) in [6, 6.07) is -0.832. The van der Waals surface area contributed by atoms with Crippen LogP contribution in [-0.2, 0) is 14.3 Å². The van der Waals surface area contributed by atoms with Crippen LogP contribution in [-0.4, -0.2) is 54.7 Å². The molecule has 0 aliphatic carbocycles. The number of carbonyl (C=O) groups excluding carboxylic acids is 1. The van der Waals surface area contributed by atoms with Crippen molar-refractivity contribution in [3.8, 4) is 0 Å². The smallest absolute Gasteiger partial charge is 0.326 e. The quantitative estimate of drug-likeness (QED) is 0.614. The third kappa shape index (κ3) is 3.49. The van der Waals surface area contributed by atoms with Gasteiger partial charge in [-0.2, -0.15) is 0 Å². The topological polar surface area (TPSA) is 92.9 Å². The molecular weight excluding hydrogens is 200 g/mol. The lowest BCUT2D eigenvalue weighted by molar-refractivity contribution is -0.153. The van der Waals surface area contributed by atoms with Gasteiger partial charge in [-0.05, 0) is 6.42 Å². The van der Waals surface area contributed by atoms with Crippen LogP contribution in [0.4, 0.5) is 0 Å². The van der Waals surface area contributed by atoms with Gasteiger partial charge in [0.25, 0.3) is 5.91 Å². The van der Waals surface area contributed by atoms with E-state index in [1.807, 2.05) is 0 Å². The number of likely N-dealkylation sites (N-methyl/N-ethyl adjacent to an activating group) is 1. The number of carboxylic acids is 1. The van der Waals surface area contributed by atoms with Gasteiger partial charge in [0.05, 0.1) is 0 Å². The van der Waals surface area contributed by atoms with Crippen molar-refractivity contribution < 1.29 is 19.4 Å². The zero-order chi connectivity index (χ0) is 12.0. The van der Waals surface area contributed by atoms with Crippen LogP contribution in [0.5, 0.6) is 0 Å². The summed E-state index contributed by atoms with van der Waals surface area (Å²) in [6.45, 7) is 1.74. The van der Waals surface area contributed by atoms with E-state index in [9.17, 15) is 9.59 Å². The first-order valence-corrected chi connectivity index (χ1v) is 4.71. The van der Waals surface area contributed by atoms with E-state index in [0.717, 1.165) is 4.90 Å². The molecule has 3 N–H and O–H groups in total. The second-order valence-electron chi connectivity index (χ2n) is 3.17. The van der Waals surface area contributed by atoms with Crippen LogP contribution in [0.2, 0.25) is 0 Å². The number of nitrogens with zero attached hydrogens (tertiary/aromatic N) is 1. The maximum absolute atomic E-state index is 11.7. The molecule has 0 aliphatic rings. The minimum Gasteiger partial charge on any atom is -0.480 e. The summed E-state index contributed by atoms with van der Waals surface area (Å²) in [4.78, 5) is 23.6. The van der Waals surface area contributed by atoms with Gasteiger partial charge in [0.2, 0.25) is 0 Å². The number of ether oxygens (including phenoxy) is 1. The molecule has 0 aromatic carbocycles. The Morgan fingerprint density at radius 2 is 2.07 bits per heavy atom. The highest BCUT2D eigenvalue weighted by Crippen LogP contribution is 2.05. The molecule has 0 aromatic heterocycles. The third-order valence-electron chi connectivity index (χ3n) is 2.26. The Bertz CT molecular complexity index is 228. The summed E-state index contributed by atoms with van der Waals surface area (Å²) in [5.74, 6) is -1.44. The van der Waals surface area contributed by atoms with Crippen LogP contribution in [0.1, 0.15) is 13.3 Å². The van der Waals surface area contributed by atoms with Gasteiger partial charge in [-0.3, -0.25) is 4.79 Å². The zero-order valence-electron chi connectivity index (χ0n) is 9.27. The third-order valence-corrected chi connectivity index (χ3v) is 2.26. The fourth-order valence-corrected chi connectivity index (χ4v) is 1.29. The van der Waals surface area contributed by atoms with Crippen molar-refractivity contribution in [1.29, 1.82) is 0 Å². The van der Waals surface area contributed by atoms with Crippen molar-refractivity contribution in [2.45, 2.75) is 25.5 Å². The Labute approximate surface area is 89.0 Å². The van der Waals surface area contributed by atoms with E-state index in [1.54, 1.807) is 6.92 Å². The van der Waals surface area contributed by atoms with Gasteiger partial charge in [-0.25, -0.2) is 4.79 Å². The van der Waals surface area contributed by atoms with E-state index in [2.05, 4.69) is 0 Å². The number of hydrogen-bond donors (Lipinski definition) is 2. The molecule has 0 aliphatic heterocycles. The number of carbonyl (C=O) groups is 2. The number of hydrogen-bond acceptors (Lipinski definition) is 4. The summed E-state index contributed by atoms with van der Waals surface area (Å²) in [5.41, 5.74) is 5.32. The van der Waals surface area contributed by atoms with Crippen molar-refractivity contribution in [1.82, 2.24) is 4.90 Å². The molecule has 0 aromatic rings. The SMILES string of the molecule is CCC(C(=O)O)N(C)C(=O)C(CN)OC. The molecule has 6 heteroatoms. The van der Waals surface area contributed by atoms with Gasteiger partial charge in [-0.1, -0.05) is 6.92 Å². The highest BCUT2D eigenvalue weighted by molar-refractivity contribution is 5.86. The fourth-order valence-electron chi connectivity index (χ4n) is 1.29. The van der Waals surface area contributed by atoms with Gasteiger partial charge < -0.3 is 20.5 Å². The lowest BCUT2D eigenvalue weighted by Gasteiger charge is -2.26. The van der Waals surface area contributed by atoms with Gasteiger partial charge in [0.15, 0.2) is 0 Å². The summed E-state index contributed by atoms with van der Waals surface area (Å²) < 4.78 is 4.85. The number of nitrogens with two attached hydrogens (primary N) is 1. The molecule has 0 radical (unpaired) electrons. The van der Waals surface area contributed by atoms with Gasteiger partial charge in [-0.15, -0.1) is 0 Å². The number of carboxylic acid groups (broad SMARTS) is 1. The number of amides is 1. The highest BCUT2D eigenvalue weighted by Gasteiger charge is 2.29. The predicted molar refractivity (Wildman–Crippen MR) is 54.3 cm³/mol. The predicted octanol–water partition coefficient (Wildman–Crippen LogP) is -0.718. The van der Waals surface area contributed by atoms with Crippen LogP contribution in [0, 0.1) is 0 Å². The number of rotatable bonds is 6. The maximum Gasteiger partial charge on any atom is 0.326 e. The first-order chi connectivity index (χ1) is 6.99. The molecule has 15 heavy (non-hydrogen) atoms. The van der Waals surface area contributed by atoms with Crippen LogP contribution < -0.4 is 5.73 Å². The van der Waals surface area contributed by atoms with Gasteiger partial charge >= 0.3 is 5.97 Å². The van der Waals surface area contributed by atoms with Crippen molar-refractivity contribution in [2.75, 3.05) is 20.7 Å². The molecule has 6 nitrogen and oxygen atoms in total. The summed E-state index contributed by atoms with van der Waals surface area (Å²) in [5, 5.41) is 8.85. The monoisotopic (exact) mass is 218 g/mol. The molecule has 0 spiro atoms. The lowest BCUT2D eigenvalue weighted by atomic mass is 10.2. The van der Waals surface area contributed by atoms with Crippen molar-refractivity contribution in [3.05, 3.63) is 0 Å². The van der Waals surface area contributed by atoms with E-state index in [0.29, 0.717) is 6.42 Å². The molecule has 0 bridgehead atoms. The molecule has 0 saturated heterocycles. The van der Waals surface area contributed by atoms with Gasteiger partial charge in [0.1, 0.15) is 12.1 Å². The van der Waals surface area contributed by atoms with E-state index < -0.39 is 24.0 Å². The zero-order valence-corrected chi connectivity index (χ0v) is 9.27. The second-order valence-corrected chi connectivity index (χ2v) is 3.17. The molecule has 2 unspecified atom stereocenters. The van der Waals surface area contributed by atoms with Gasteiger partial charge in [0, 0.05) is 20.7 Å². The minimum atomic E-state index is -1.03. The maximum atomic E-state index is 11.7. The molecule has 0 saturated carbocycles. The Morgan fingerprint density at radius 3 is 2.33 bits per heavy atom. The van der Waals surface area contributed by atoms with E-state index in [-0.39, 0.29) is 6.54 Å². The fraction of sp³-hybridized carbons (Fsp3) is 0.778. The van der Waals surface area contributed by atoms with Crippen LogP contribution in [0.15, 0.2) is 0 Å². The summed E-state index contributed by atoms with van der Waals surface area (Å²) in [6.07, 6.45) is -0.429. The highest BCUT2D eigenvalue weighted by atomic mass is 16.5. The van der Waals surface area contributed by atoms with E-state index in [1.165, 1.54) is 14.2 Å². The minimum absolute atomic E-state index is 0.0374. The lowest BCUT2D eigenvalue weighted by Crippen LogP contribution is -2.49. The Balaban J connectivity index is 4.59. The molecule has 88 valence electrons. The Hall–Kier alpha value is -1.14. The van der Waals surface area contributed by atoms with Crippen molar-refractivity contribution >= 4 is 11.9 Å². The summed E-state index contributed by atoms with van der Waals surface area (Å²) >= 11 is 0. The first-order valence-electron chi connectivity index (χ1n) is 4.71. The first kappa shape index (κ1) is 13.9. The second kappa shape index (κ2) is 6.36. The van der Waals surface area contributed by atoms with Crippen LogP contribution >= 0.6 is 0 Å². The Morgan fingerprint density at radius 1 is 1.53 bits per heavy atom. The molecule has 2 atom stereocenters. The molecule has 0 fully saturated rings. The number of aliphatic carboxylic acids is 1. The summed E-state index contributed by atoms with van der Waals surface area (Å²) in [7, 11) is 2.80. The largest absolute Gasteiger partial charge is 0.480 e. The molecule has 0 rings (SSSR count).